The monoisotopic (exact) mass is 347 g/mol. The van der Waals surface area contributed by atoms with Crippen LogP contribution in [0, 0.1) is 5.82 Å². The summed E-state index contributed by atoms with van der Waals surface area (Å²) in [6.07, 6.45) is -0.0456. The van der Waals surface area contributed by atoms with Gasteiger partial charge in [-0.3, -0.25) is 9.59 Å². The Morgan fingerprint density at radius 2 is 1.76 bits per heavy atom. The highest BCUT2D eigenvalue weighted by atomic mass is 19.1. The topological polar surface area (TPSA) is 73.9 Å². The zero-order valence-electron chi connectivity index (χ0n) is 13.9. The van der Waals surface area contributed by atoms with Crippen LogP contribution in [-0.2, 0) is 20.7 Å². The number of esters is 1. The summed E-state index contributed by atoms with van der Waals surface area (Å²) in [6.45, 7) is -0.444. The zero-order chi connectivity index (χ0) is 18.2. The first-order valence-electron chi connectivity index (χ1n) is 7.43. The number of ether oxygens (including phenoxy) is 3. The van der Waals surface area contributed by atoms with Gasteiger partial charge in [-0.15, -0.1) is 0 Å². The lowest BCUT2D eigenvalue weighted by molar-refractivity contribution is -0.146. The molecule has 2 aromatic carbocycles. The molecule has 132 valence electrons. The van der Waals surface area contributed by atoms with Crippen molar-refractivity contribution in [2.45, 2.75) is 6.42 Å². The van der Waals surface area contributed by atoms with Gasteiger partial charge in [0.15, 0.2) is 6.61 Å². The van der Waals surface area contributed by atoms with Crippen molar-refractivity contribution in [1.29, 1.82) is 0 Å². The second-order valence-electron chi connectivity index (χ2n) is 5.08. The first-order chi connectivity index (χ1) is 12.0. The van der Waals surface area contributed by atoms with E-state index in [-0.39, 0.29) is 12.2 Å². The Labute approximate surface area is 144 Å². The van der Waals surface area contributed by atoms with E-state index in [1.807, 2.05) is 0 Å². The molecule has 1 amide bonds. The van der Waals surface area contributed by atoms with Gasteiger partial charge in [0.2, 0.25) is 0 Å². The first-order valence-corrected chi connectivity index (χ1v) is 7.43. The molecule has 0 radical (unpaired) electrons. The molecule has 25 heavy (non-hydrogen) atoms. The fourth-order valence-corrected chi connectivity index (χ4v) is 2.06. The van der Waals surface area contributed by atoms with Crippen LogP contribution in [0.2, 0.25) is 0 Å². The number of rotatable bonds is 7. The Morgan fingerprint density at radius 3 is 2.40 bits per heavy atom. The van der Waals surface area contributed by atoms with Crippen LogP contribution in [0.1, 0.15) is 5.56 Å². The number of anilines is 1. The first kappa shape index (κ1) is 18.3. The Hall–Kier alpha value is -3.09. The fourth-order valence-electron chi connectivity index (χ4n) is 2.06. The summed E-state index contributed by atoms with van der Waals surface area (Å²) < 4.78 is 28.0. The normalized spacial score (nSPS) is 10.0. The van der Waals surface area contributed by atoms with Gasteiger partial charge >= 0.3 is 5.97 Å². The van der Waals surface area contributed by atoms with Crippen molar-refractivity contribution < 1.29 is 28.2 Å². The molecule has 6 nitrogen and oxygen atoms in total. The summed E-state index contributed by atoms with van der Waals surface area (Å²) in [5.74, 6) is -0.488. The van der Waals surface area contributed by atoms with Crippen LogP contribution in [-0.4, -0.2) is 32.7 Å². The van der Waals surface area contributed by atoms with Gasteiger partial charge in [-0.25, -0.2) is 4.39 Å². The molecule has 0 aliphatic heterocycles. The summed E-state index contributed by atoms with van der Waals surface area (Å²) >= 11 is 0. The lowest BCUT2D eigenvalue weighted by Gasteiger charge is -2.12. The number of carbonyl (C=O) groups is 2. The molecule has 2 aromatic rings. The number of hydrogen-bond acceptors (Lipinski definition) is 5. The molecule has 1 N–H and O–H groups in total. The van der Waals surface area contributed by atoms with Crippen molar-refractivity contribution in [3.8, 4) is 11.5 Å². The molecule has 7 heteroatoms. The van der Waals surface area contributed by atoms with E-state index in [0.717, 1.165) is 0 Å². The average molecular weight is 347 g/mol. The van der Waals surface area contributed by atoms with Crippen molar-refractivity contribution in [3.63, 3.8) is 0 Å². The molecule has 0 saturated carbocycles. The summed E-state index contributed by atoms with van der Waals surface area (Å²) in [4.78, 5) is 23.7. The Bertz CT molecular complexity index is 746. The van der Waals surface area contributed by atoms with E-state index in [4.69, 9.17) is 14.2 Å². The third kappa shape index (κ3) is 5.49. The molecule has 0 bridgehead atoms. The van der Waals surface area contributed by atoms with Crippen LogP contribution in [0.25, 0.3) is 0 Å². The fraction of sp³-hybridized carbons (Fsp3) is 0.222. The van der Waals surface area contributed by atoms with Gasteiger partial charge in [-0.1, -0.05) is 12.1 Å². The molecule has 0 atom stereocenters. The maximum atomic E-state index is 12.8. The highest BCUT2D eigenvalue weighted by molar-refractivity contribution is 5.94. The van der Waals surface area contributed by atoms with Gasteiger partial charge in [0.05, 0.1) is 26.3 Å². The van der Waals surface area contributed by atoms with E-state index in [1.165, 1.54) is 38.5 Å². The summed E-state index contributed by atoms with van der Waals surface area (Å²) in [5, 5.41) is 2.59. The number of benzene rings is 2. The molecule has 0 spiro atoms. The van der Waals surface area contributed by atoms with Gasteiger partial charge in [0, 0.05) is 6.07 Å². The molecule has 0 aromatic heterocycles. The number of nitrogens with one attached hydrogen (secondary N) is 1. The highest BCUT2D eigenvalue weighted by Crippen LogP contribution is 2.28. The maximum Gasteiger partial charge on any atom is 0.310 e. The summed E-state index contributed by atoms with van der Waals surface area (Å²) in [5.41, 5.74) is 1.00. The van der Waals surface area contributed by atoms with Gasteiger partial charge in [-0.2, -0.15) is 0 Å². The van der Waals surface area contributed by atoms with E-state index in [2.05, 4.69) is 5.32 Å². The quantitative estimate of drug-likeness (QED) is 0.779. The van der Waals surface area contributed by atoms with Crippen LogP contribution in [0.4, 0.5) is 10.1 Å². The van der Waals surface area contributed by atoms with Gasteiger partial charge in [-0.05, 0) is 29.8 Å². The number of amides is 1. The molecule has 0 aliphatic rings. The van der Waals surface area contributed by atoms with E-state index >= 15 is 0 Å². The van der Waals surface area contributed by atoms with Crippen LogP contribution in [0.3, 0.4) is 0 Å². The number of methoxy groups -OCH3 is 2. The molecular weight excluding hydrogens is 329 g/mol. The lowest BCUT2D eigenvalue weighted by atomic mass is 10.1. The molecule has 2 rings (SSSR count). The van der Waals surface area contributed by atoms with Crippen molar-refractivity contribution in [3.05, 3.63) is 53.8 Å². The number of halogens is 1. The van der Waals surface area contributed by atoms with Crippen molar-refractivity contribution in [2.75, 3.05) is 26.1 Å². The molecular formula is C18H18FNO5. The van der Waals surface area contributed by atoms with Crippen LogP contribution < -0.4 is 14.8 Å². The predicted molar refractivity (Wildman–Crippen MR) is 89.2 cm³/mol. The molecule has 0 saturated heterocycles. The van der Waals surface area contributed by atoms with Crippen molar-refractivity contribution in [1.82, 2.24) is 0 Å². The number of carbonyl (C=O) groups excluding carboxylic acids is 2. The average Bonchev–Trinajstić information content (AvgIpc) is 2.62. The Kier molecular flexibility index (Phi) is 6.33. The molecule has 0 aliphatic carbocycles. The third-order valence-corrected chi connectivity index (χ3v) is 3.31. The van der Waals surface area contributed by atoms with E-state index < -0.39 is 18.5 Å². The largest absolute Gasteiger partial charge is 0.497 e. The van der Waals surface area contributed by atoms with E-state index in [0.29, 0.717) is 22.7 Å². The van der Waals surface area contributed by atoms with E-state index in [9.17, 15) is 14.0 Å². The van der Waals surface area contributed by atoms with Crippen molar-refractivity contribution >= 4 is 17.6 Å². The second kappa shape index (κ2) is 8.68. The van der Waals surface area contributed by atoms with Gasteiger partial charge in [0.25, 0.3) is 5.91 Å². The van der Waals surface area contributed by atoms with Gasteiger partial charge < -0.3 is 19.5 Å². The standard InChI is InChI=1S/C18H18FNO5/c1-23-14-7-8-16(24-2)15(10-14)20-17(21)11-25-18(22)9-12-3-5-13(19)6-4-12/h3-8,10H,9,11H2,1-2H3,(H,20,21). The zero-order valence-corrected chi connectivity index (χ0v) is 13.9. The molecule has 0 heterocycles. The van der Waals surface area contributed by atoms with Crippen molar-refractivity contribution in [2.24, 2.45) is 0 Å². The smallest absolute Gasteiger partial charge is 0.310 e. The van der Waals surface area contributed by atoms with Crippen LogP contribution in [0.5, 0.6) is 11.5 Å². The number of hydrogen-bond donors (Lipinski definition) is 1. The SMILES string of the molecule is COc1ccc(OC)c(NC(=O)COC(=O)Cc2ccc(F)cc2)c1. The minimum absolute atomic E-state index is 0.0456. The summed E-state index contributed by atoms with van der Waals surface area (Å²) in [7, 11) is 2.98. The summed E-state index contributed by atoms with van der Waals surface area (Å²) in [6, 6.07) is 10.4. The maximum absolute atomic E-state index is 12.8. The molecule has 0 fully saturated rings. The Morgan fingerprint density at radius 1 is 1.04 bits per heavy atom. The minimum Gasteiger partial charge on any atom is -0.497 e. The van der Waals surface area contributed by atoms with Crippen LogP contribution >= 0.6 is 0 Å². The predicted octanol–water partition coefficient (Wildman–Crippen LogP) is 2.57. The van der Waals surface area contributed by atoms with Crippen LogP contribution in [0.15, 0.2) is 42.5 Å². The Balaban J connectivity index is 1.88. The lowest BCUT2D eigenvalue weighted by Crippen LogP contribution is -2.22. The molecule has 0 unspecified atom stereocenters. The van der Waals surface area contributed by atoms with E-state index in [1.54, 1.807) is 18.2 Å². The second-order valence-corrected chi connectivity index (χ2v) is 5.08. The van der Waals surface area contributed by atoms with Gasteiger partial charge in [0.1, 0.15) is 17.3 Å². The minimum atomic E-state index is -0.584. The third-order valence-electron chi connectivity index (χ3n) is 3.31. The highest BCUT2D eigenvalue weighted by Gasteiger charge is 2.12.